The molecule has 0 radical (unpaired) electrons. The monoisotopic (exact) mass is 188 g/mol. The first-order valence-electron chi connectivity index (χ1n) is 3.71. The van der Waals surface area contributed by atoms with E-state index >= 15 is 0 Å². The molecule has 0 atom stereocenters. The molecule has 4 nitrogen and oxygen atoms in total. The molecule has 0 fully saturated rings. The Labute approximate surface area is 77.9 Å². The maximum absolute atomic E-state index is 10.0. The quantitative estimate of drug-likeness (QED) is 0.615. The van der Waals surface area contributed by atoms with E-state index < -0.39 is 17.4 Å². The summed E-state index contributed by atoms with van der Waals surface area (Å²) >= 11 is 0. The predicted octanol–water partition coefficient (Wildman–Crippen LogP) is 1.76. The van der Waals surface area contributed by atoms with Crippen molar-refractivity contribution in [1.29, 1.82) is 0 Å². The van der Waals surface area contributed by atoms with Gasteiger partial charge >= 0.3 is 11.9 Å². The molecule has 76 valence electrons. The Morgan fingerprint density at radius 2 is 1.31 bits per heavy atom. The Morgan fingerprint density at radius 1 is 1.15 bits per heavy atom. The maximum atomic E-state index is 10.0. The molecule has 0 unspecified atom stereocenters. The van der Waals surface area contributed by atoms with Crippen molar-refractivity contribution in [2.75, 3.05) is 0 Å². The zero-order valence-electron chi connectivity index (χ0n) is 8.42. The van der Waals surface area contributed by atoms with Gasteiger partial charge in [0.05, 0.1) is 5.41 Å². The molecule has 0 aromatic rings. The van der Waals surface area contributed by atoms with Gasteiger partial charge in [-0.05, 0) is 27.7 Å². The van der Waals surface area contributed by atoms with Gasteiger partial charge < -0.3 is 10.2 Å². The van der Waals surface area contributed by atoms with Gasteiger partial charge in [-0.2, -0.15) is 0 Å². The largest absolute Gasteiger partial charge is 0.481 e. The minimum absolute atomic E-state index is 0.176. The molecule has 0 aromatic heterocycles. The Kier molecular flexibility index (Phi) is 5.85. The lowest BCUT2D eigenvalue weighted by molar-refractivity contribution is -0.145. The molecular formula is C9H16O4. The summed E-state index contributed by atoms with van der Waals surface area (Å²) in [4.78, 5) is 19.6. The Morgan fingerprint density at radius 3 is 1.31 bits per heavy atom. The lowest BCUT2D eigenvalue weighted by Crippen LogP contribution is -2.18. The topological polar surface area (TPSA) is 74.6 Å². The lowest BCUT2D eigenvalue weighted by Gasteiger charge is -2.08. The van der Waals surface area contributed by atoms with Crippen LogP contribution in [0, 0.1) is 5.41 Å². The summed E-state index contributed by atoms with van der Waals surface area (Å²) in [5.74, 6) is -1.69. The summed E-state index contributed by atoms with van der Waals surface area (Å²) in [7, 11) is 0. The highest BCUT2D eigenvalue weighted by molar-refractivity contribution is 5.84. The fourth-order valence-corrected chi connectivity index (χ4v) is 0. The average Bonchev–Trinajstić information content (AvgIpc) is 1.86. The molecule has 0 saturated carbocycles. The first-order valence-corrected chi connectivity index (χ1v) is 3.71. The molecule has 13 heavy (non-hydrogen) atoms. The van der Waals surface area contributed by atoms with Crippen molar-refractivity contribution in [3.8, 4) is 0 Å². The molecule has 0 spiro atoms. The first-order chi connectivity index (χ1) is 5.59. The van der Waals surface area contributed by atoms with Crippen LogP contribution in [0.3, 0.4) is 0 Å². The van der Waals surface area contributed by atoms with Gasteiger partial charge in [0, 0.05) is 5.57 Å². The van der Waals surface area contributed by atoms with E-state index in [9.17, 15) is 9.59 Å². The van der Waals surface area contributed by atoms with Gasteiger partial charge in [0.1, 0.15) is 0 Å². The summed E-state index contributed by atoms with van der Waals surface area (Å²) in [5.41, 5.74) is -0.407. The lowest BCUT2D eigenvalue weighted by atomic mass is 9.98. The van der Waals surface area contributed by atoms with Crippen LogP contribution in [0.5, 0.6) is 0 Å². The Bertz CT molecular complexity index is 198. The van der Waals surface area contributed by atoms with E-state index in [1.165, 1.54) is 6.92 Å². The van der Waals surface area contributed by atoms with Crippen LogP contribution in [-0.4, -0.2) is 22.2 Å². The number of carboxylic acid groups (broad SMARTS) is 2. The minimum Gasteiger partial charge on any atom is -0.481 e. The van der Waals surface area contributed by atoms with Gasteiger partial charge in [-0.15, -0.1) is 0 Å². The van der Waals surface area contributed by atoms with Crippen LogP contribution >= 0.6 is 0 Å². The normalized spacial score (nSPS) is 9.54. The van der Waals surface area contributed by atoms with Gasteiger partial charge in [-0.25, -0.2) is 4.79 Å². The average molecular weight is 188 g/mol. The third-order valence-corrected chi connectivity index (χ3v) is 1.01. The highest BCUT2D eigenvalue weighted by atomic mass is 16.4. The molecule has 0 bridgehead atoms. The number of rotatable bonds is 1. The van der Waals surface area contributed by atoms with E-state index in [0.29, 0.717) is 0 Å². The number of aliphatic carboxylic acids is 2. The van der Waals surface area contributed by atoms with Crippen molar-refractivity contribution >= 4 is 11.9 Å². The molecule has 0 amide bonds. The molecule has 0 saturated heterocycles. The fourth-order valence-electron chi connectivity index (χ4n) is 0. The molecule has 2 N–H and O–H groups in total. The summed E-state index contributed by atoms with van der Waals surface area (Å²) in [6, 6.07) is 0. The summed E-state index contributed by atoms with van der Waals surface area (Å²) in [6.45, 7) is 9.59. The maximum Gasteiger partial charge on any atom is 0.330 e. The molecule has 0 aliphatic heterocycles. The van der Waals surface area contributed by atoms with Gasteiger partial charge in [-0.3, -0.25) is 4.79 Å². The second kappa shape index (κ2) is 5.35. The fraction of sp³-hybridized carbons (Fsp3) is 0.556. The predicted molar refractivity (Wildman–Crippen MR) is 49.5 cm³/mol. The van der Waals surface area contributed by atoms with E-state index in [-0.39, 0.29) is 5.57 Å². The van der Waals surface area contributed by atoms with Crippen LogP contribution in [0.15, 0.2) is 12.2 Å². The SMILES string of the molecule is C=C(C)C(=O)O.CC(C)(C)C(=O)O. The van der Waals surface area contributed by atoms with Gasteiger partial charge in [-0.1, -0.05) is 6.58 Å². The first kappa shape index (κ1) is 14.2. The van der Waals surface area contributed by atoms with Crippen LogP contribution in [0.25, 0.3) is 0 Å². The third-order valence-electron chi connectivity index (χ3n) is 1.01. The summed E-state index contributed by atoms with van der Waals surface area (Å²) in [5, 5.41) is 16.1. The van der Waals surface area contributed by atoms with Gasteiger partial charge in [0.25, 0.3) is 0 Å². The van der Waals surface area contributed by atoms with Crippen LogP contribution in [0.4, 0.5) is 0 Å². The second-order valence-corrected chi connectivity index (χ2v) is 3.64. The third kappa shape index (κ3) is 10.7. The van der Waals surface area contributed by atoms with Gasteiger partial charge in [0.15, 0.2) is 0 Å². The number of carbonyl (C=O) groups is 2. The van der Waals surface area contributed by atoms with Crippen LogP contribution in [0.1, 0.15) is 27.7 Å². The smallest absolute Gasteiger partial charge is 0.330 e. The van der Waals surface area contributed by atoms with E-state index in [1.54, 1.807) is 20.8 Å². The zero-order valence-corrected chi connectivity index (χ0v) is 8.42. The highest BCUT2D eigenvalue weighted by Gasteiger charge is 2.18. The molecule has 0 aliphatic carbocycles. The van der Waals surface area contributed by atoms with Crippen molar-refractivity contribution < 1.29 is 19.8 Å². The standard InChI is InChI=1S/C5H10O2.C4H6O2/c1-5(2,3)4(6)7;1-3(2)4(5)6/h1-3H3,(H,6,7);1H2,2H3,(H,5,6). The summed E-state index contributed by atoms with van der Waals surface area (Å²) < 4.78 is 0. The van der Waals surface area contributed by atoms with Gasteiger partial charge in [0.2, 0.25) is 0 Å². The van der Waals surface area contributed by atoms with Crippen molar-refractivity contribution in [3.05, 3.63) is 12.2 Å². The van der Waals surface area contributed by atoms with Crippen molar-refractivity contribution in [3.63, 3.8) is 0 Å². The minimum atomic E-state index is -0.935. The van der Waals surface area contributed by atoms with E-state index in [0.717, 1.165) is 0 Å². The van der Waals surface area contributed by atoms with Crippen molar-refractivity contribution in [2.24, 2.45) is 5.41 Å². The van der Waals surface area contributed by atoms with Crippen LogP contribution < -0.4 is 0 Å². The number of hydrogen-bond donors (Lipinski definition) is 2. The molecule has 0 aromatic carbocycles. The molecular weight excluding hydrogens is 172 g/mol. The highest BCUT2D eigenvalue weighted by Crippen LogP contribution is 2.11. The molecule has 4 heteroatoms. The van der Waals surface area contributed by atoms with Crippen LogP contribution in [0.2, 0.25) is 0 Å². The molecule has 0 rings (SSSR count). The Hall–Kier alpha value is -1.32. The van der Waals surface area contributed by atoms with E-state index in [1.807, 2.05) is 0 Å². The molecule has 0 aliphatic rings. The number of carboxylic acids is 2. The zero-order chi connectivity index (χ0) is 11.2. The number of hydrogen-bond acceptors (Lipinski definition) is 2. The van der Waals surface area contributed by atoms with Crippen molar-refractivity contribution in [2.45, 2.75) is 27.7 Å². The van der Waals surface area contributed by atoms with E-state index in [4.69, 9.17) is 10.2 Å². The molecule has 0 heterocycles. The second-order valence-electron chi connectivity index (χ2n) is 3.64. The Balaban J connectivity index is 0. The van der Waals surface area contributed by atoms with E-state index in [2.05, 4.69) is 6.58 Å². The summed E-state index contributed by atoms with van der Waals surface area (Å²) in [6.07, 6.45) is 0. The van der Waals surface area contributed by atoms with Crippen LogP contribution in [-0.2, 0) is 9.59 Å². The van der Waals surface area contributed by atoms with Crippen molar-refractivity contribution in [1.82, 2.24) is 0 Å².